The minimum atomic E-state index is -0.356. The molecule has 1 N–H and O–H groups in total. The smallest absolute Gasteiger partial charge is 0.247 e. The second-order valence-corrected chi connectivity index (χ2v) is 4.29. The van der Waals surface area contributed by atoms with Gasteiger partial charge in [-0.25, -0.2) is 4.39 Å². The van der Waals surface area contributed by atoms with Crippen molar-refractivity contribution in [1.82, 2.24) is 5.32 Å². The summed E-state index contributed by atoms with van der Waals surface area (Å²) in [6.07, 6.45) is 0. The van der Waals surface area contributed by atoms with Gasteiger partial charge in [0, 0.05) is 16.2 Å². The summed E-state index contributed by atoms with van der Waals surface area (Å²) in [5.74, 6) is -0.478. The molecule has 0 bridgehead atoms. The van der Waals surface area contributed by atoms with Gasteiger partial charge in [-0.05, 0) is 37.6 Å². The average Bonchev–Trinajstić information content (AvgIpc) is 2.50. The minimum absolute atomic E-state index is 0.122. The fourth-order valence-corrected chi connectivity index (χ4v) is 2.02. The molecule has 0 radical (unpaired) electrons. The summed E-state index contributed by atoms with van der Waals surface area (Å²) in [6, 6.07) is 3.85. The summed E-state index contributed by atoms with van der Waals surface area (Å²) in [5.41, 5.74) is 2.16. The zero-order chi connectivity index (χ0) is 11.9. The molecular formula is C12H11ClFNO. The van der Waals surface area contributed by atoms with Crippen LogP contribution in [0.2, 0.25) is 5.02 Å². The Morgan fingerprint density at radius 1 is 1.38 bits per heavy atom. The van der Waals surface area contributed by atoms with E-state index >= 15 is 0 Å². The number of nitrogens with one attached hydrogen (secondary N) is 1. The van der Waals surface area contributed by atoms with Crippen LogP contribution in [0.5, 0.6) is 0 Å². The SMILES string of the molecule is CC1=C(C)[C@@H](c2cc(F)ccc2Cl)NC1=O. The number of carbonyl (C=O) groups excluding carboxylic acids is 1. The van der Waals surface area contributed by atoms with Crippen molar-refractivity contribution < 1.29 is 9.18 Å². The van der Waals surface area contributed by atoms with Crippen molar-refractivity contribution in [3.8, 4) is 0 Å². The van der Waals surface area contributed by atoms with Crippen molar-refractivity contribution in [3.05, 3.63) is 45.7 Å². The van der Waals surface area contributed by atoms with E-state index in [1.807, 2.05) is 6.92 Å². The van der Waals surface area contributed by atoms with E-state index in [-0.39, 0.29) is 17.8 Å². The summed E-state index contributed by atoms with van der Waals surface area (Å²) < 4.78 is 13.1. The molecule has 0 fully saturated rings. The number of benzene rings is 1. The summed E-state index contributed by atoms with van der Waals surface area (Å²) >= 11 is 6.00. The monoisotopic (exact) mass is 239 g/mol. The molecule has 4 heteroatoms. The Hall–Kier alpha value is -1.35. The average molecular weight is 240 g/mol. The van der Waals surface area contributed by atoms with Crippen LogP contribution in [0.1, 0.15) is 25.5 Å². The van der Waals surface area contributed by atoms with E-state index in [1.54, 1.807) is 6.92 Å². The fraction of sp³-hybridized carbons (Fsp3) is 0.250. The van der Waals surface area contributed by atoms with E-state index in [2.05, 4.69) is 5.32 Å². The first kappa shape index (κ1) is 11.1. The molecule has 1 heterocycles. The molecule has 0 saturated heterocycles. The molecule has 1 aliphatic rings. The zero-order valence-electron chi connectivity index (χ0n) is 8.97. The Balaban J connectivity index is 2.47. The number of hydrogen-bond acceptors (Lipinski definition) is 1. The van der Waals surface area contributed by atoms with Crippen LogP contribution in [0.3, 0.4) is 0 Å². The maximum Gasteiger partial charge on any atom is 0.247 e. The van der Waals surface area contributed by atoms with E-state index in [0.29, 0.717) is 16.2 Å². The van der Waals surface area contributed by atoms with Gasteiger partial charge in [0.15, 0.2) is 0 Å². The molecule has 0 saturated carbocycles. The molecule has 1 aromatic rings. The van der Waals surface area contributed by atoms with E-state index in [9.17, 15) is 9.18 Å². The Morgan fingerprint density at radius 3 is 2.62 bits per heavy atom. The first-order valence-corrected chi connectivity index (χ1v) is 5.31. The largest absolute Gasteiger partial charge is 0.342 e. The third-order valence-electron chi connectivity index (χ3n) is 2.91. The van der Waals surface area contributed by atoms with Crippen LogP contribution in [0.4, 0.5) is 4.39 Å². The Bertz CT molecular complexity index is 496. The van der Waals surface area contributed by atoms with Crippen LogP contribution in [-0.4, -0.2) is 5.91 Å². The van der Waals surface area contributed by atoms with E-state index in [1.165, 1.54) is 18.2 Å². The molecule has 0 spiro atoms. The molecule has 2 nitrogen and oxygen atoms in total. The third kappa shape index (κ3) is 1.71. The molecule has 1 aromatic carbocycles. The quantitative estimate of drug-likeness (QED) is 0.802. The molecule has 0 aromatic heterocycles. The summed E-state index contributed by atoms with van der Waals surface area (Å²) in [7, 11) is 0. The highest BCUT2D eigenvalue weighted by Crippen LogP contribution is 2.33. The predicted octanol–water partition coefficient (Wildman–Crippen LogP) is 2.99. The highest BCUT2D eigenvalue weighted by atomic mass is 35.5. The normalized spacial score (nSPS) is 20.2. The summed E-state index contributed by atoms with van der Waals surface area (Å²) in [5, 5.41) is 3.23. The summed E-state index contributed by atoms with van der Waals surface area (Å²) in [4.78, 5) is 11.5. The zero-order valence-corrected chi connectivity index (χ0v) is 9.73. The maximum absolute atomic E-state index is 13.1. The lowest BCUT2D eigenvalue weighted by molar-refractivity contribution is -0.117. The second kappa shape index (κ2) is 3.91. The maximum atomic E-state index is 13.1. The highest BCUT2D eigenvalue weighted by molar-refractivity contribution is 6.31. The number of rotatable bonds is 1. The third-order valence-corrected chi connectivity index (χ3v) is 3.25. The fourth-order valence-electron chi connectivity index (χ4n) is 1.79. The van der Waals surface area contributed by atoms with Crippen LogP contribution in [0, 0.1) is 5.82 Å². The molecule has 16 heavy (non-hydrogen) atoms. The van der Waals surface area contributed by atoms with Crippen molar-refractivity contribution in [3.63, 3.8) is 0 Å². The lowest BCUT2D eigenvalue weighted by Gasteiger charge is -2.14. The van der Waals surface area contributed by atoms with Crippen LogP contribution >= 0.6 is 11.6 Å². The minimum Gasteiger partial charge on any atom is -0.342 e. The highest BCUT2D eigenvalue weighted by Gasteiger charge is 2.28. The number of carbonyl (C=O) groups is 1. The van der Waals surface area contributed by atoms with Crippen LogP contribution < -0.4 is 5.32 Å². The Kier molecular flexibility index (Phi) is 2.72. The molecule has 2 rings (SSSR count). The molecule has 84 valence electrons. The van der Waals surface area contributed by atoms with Gasteiger partial charge in [0.05, 0.1) is 6.04 Å². The lowest BCUT2D eigenvalue weighted by atomic mass is 10.00. The van der Waals surface area contributed by atoms with Crippen molar-refractivity contribution >= 4 is 17.5 Å². The molecule has 0 aliphatic carbocycles. The lowest BCUT2D eigenvalue weighted by Crippen LogP contribution is -2.21. The predicted molar refractivity (Wildman–Crippen MR) is 60.7 cm³/mol. The van der Waals surface area contributed by atoms with Gasteiger partial charge in [0.25, 0.3) is 0 Å². The van der Waals surface area contributed by atoms with Gasteiger partial charge >= 0.3 is 0 Å². The number of hydrogen-bond donors (Lipinski definition) is 1. The standard InChI is InChI=1S/C12H11ClFNO/c1-6-7(2)12(16)15-11(6)9-5-8(14)3-4-10(9)13/h3-5,11H,1-2H3,(H,15,16)/t11-/m0/s1. The Labute approximate surface area is 98.1 Å². The van der Waals surface area contributed by atoms with Crippen LogP contribution in [-0.2, 0) is 4.79 Å². The second-order valence-electron chi connectivity index (χ2n) is 3.88. The van der Waals surface area contributed by atoms with Gasteiger partial charge in [-0.3, -0.25) is 4.79 Å². The van der Waals surface area contributed by atoms with Gasteiger partial charge in [-0.2, -0.15) is 0 Å². The van der Waals surface area contributed by atoms with Crippen LogP contribution in [0.25, 0.3) is 0 Å². The van der Waals surface area contributed by atoms with Gasteiger partial charge in [0.1, 0.15) is 5.82 Å². The molecular weight excluding hydrogens is 229 g/mol. The van der Waals surface area contributed by atoms with Gasteiger partial charge in [-0.1, -0.05) is 11.6 Å². The van der Waals surface area contributed by atoms with E-state index in [0.717, 1.165) is 5.57 Å². The molecule has 1 atom stereocenters. The van der Waals surface area contributed by atoms with Crippen molar-refractivity contribution in [2.75, 3.05) is 0 Å². The van der Waals surface area contributed by atoms with E-state index < -0.39 is 0 Å². The number of amides is 1. The topological polar surface area (TPSA) is 29.1 Å². The Morgan fingerprint density at radius 2 is 2.06 bits per heavy atom. The van der Waals surface area contributed by atoms with E-state index in [4.69, 9.17) is 11.6 Å². The van der Waals surface area contributed by atoms with Crippen molar-refractivity contribution in [2.24, 2.45) is 0 Å². The first-order valence-electron chi connectivity index (χ1n) is 4.94. The van der Waals surface area contributed by atoms with Gasteiger partial charge in [-0.15, -0.1) is 0 Å². The molecule has 0 unspecified atom stereocenters. The van der Waals surface area contributed by atoms with Gasteiger partial charge < -0.3 is 5.32 Å². The van der Waals surface area contributed by atoms with Gasteiger partial charge in [0.2, 0.25) is 5.91 Å². The van der Waals surface area contributed by atoms with Crippen LogP contribution in [0.15, 0.2) is 29.3 Å². The van der Waals surface area contributed by atoms with Crippen molar-refractivity contribution in [1.29, 1.82) is 0 Å². The number of halogens is 2. The first-order chi connectivity index (χ1) is 7.50. The summed E-state index contributed by atoms with van der Waals surface area (Å²) in [6.45, 7) is 3.59. The molecule has 1 amide bonds. The van der Waals surface area contributed by atoms with Crippen molar-refractivity contribution in [2.45, 2.75) is 19.9 Å². The molecule has 1 aliphatic heterocycles.